The van der Waals surface area contributed by atoms with E-state index in [1.54, 1.807) is 0 Å². The fourth-order valence-corrected chi connectivity index (χ4v) is 0.843. The minimum Gasteiger partial charge on any atom is -0.350 e. The van der Waals surface area contributed by atoms with Crippen molar-refractivity contribution in [3.63, 3.8) is 0 Å². The fourth-order valence-electron chi connectivity index (χ4n) is 0.725. The average Bonchev–Trinajstić information content (AvgIpc) is 2.16. The van der Waals surface area contributed by atoms with Crippen LogP contribution in [0.4, 0.5) is 5.69 Å². The Kier molecular flexibility index (Phi) is 14.1. The van der Waals surface area contributed by atoms with E-state index in [1.165, 1.54) is 0 Å². The molecule has 0 radical (unpaired) electrons. The van der Waals surface area contributed by atoms with Crippen LogP contribution in [-0.4, -0.2) is 24.6 Å². The smallest absolute Gasteiger partial charge is 0.314 e. The summed E-state index contributed by atoms with van der Waals surface area (Å²) in [6, 6.07) is 9.89. The van der Waals surface area contributed by atoms with Crippen LogP contribution in [0.3, 0.4) is 0 Å². The Hall–Kier alpha value is -0.590. The van der Waals surface area contributed by atoms with Gasteiger partial charge in [0.25, 0.3) is 0 Å². The average molecular weight is 315 g/mol. The van der Waals surface area contributed by atoms with Crippen LogP contribution in [-0.2, 0) is 9.13 Å². The summed E-state index contributed by atoms with van der Waals surface area (Å²) in [5, 5.41) is 3.04. The third kappa shape index (κ3) is 24.6. The van der Waals surface area contributed by atoms with Gasteiger partial charge < -0.3 is 24.9 Å². The van der Waals surface area contributed by atoms with E-state index < -0.39 is 16.5 Å². The van der Waals surface area contributed by atoms with Crippen molar-refractivity contribution < 1.29 is 28.7 Å². The maximum Gasteiger partial charge on any atom is 0.314 e. The molecule has 0 fully saturated rings. The summed E-state index contributed by atoms with van der Waals surface area (Å²) in [7, 11) is -6.26. The highest BCUT2D eigenvalue weighted by molar-refractivity contribution is 7.80. The minimum atomic E-state index is -3.13. The molecular formula is C8H15NO6P2S. The van der Waals surface area contributed by atoms with Crippen molar-refractivity contribution in [3.05, 3.63) is 30.3 Å². The molecule has 0 saturated carbocycles. The minimum absolute atomic E-state index is 0.797. The van der Waals surface area contributed by atoms with Gasteiger partial charge in [0.15, 0.2) is 0 Å². The summed E-state index contributed by atoms with van der Waals surface area (Å²) in [4.78, 5) is 29.4. The first kappa shape index (κ1) is 19.7. The lowest BCUT2D eigenvalue weighted by Gasteiger charge is -2.00. The Morgan fingerprint density at radius 2 is 1.39 bits per heavy atom. The van der Waals surface area contributed by atoms with E-state index >= 15 is 0 Å². The van der Waals surface area contributed by atoms with E-state index in [-0.39, 0.29) is 0 Å². The van der Waals surface area contributed by atoms with Gasteiger partial charge >= 0.3 is 16.5 Å². The Bertz CT molecular complexity index is 368. The number of rotatable bonds is 1. The Labute approximate surface area is 111 Å². The van der Waals surface area contributed by atoms with Crippen LogP contribution >= 0.6 is 28.7 Å². The highest BCUT2D eigenvalue weighted by Gasteiger charge is 1.86. The molecule has 1 rings (SSSR count). The van der Waals surface area contributed by atoms with Crippen molar-refractivity contribution in [2.24, 2.45) is 0 Å². The topological polar surface area (TPSA) is 127 Å². The molecule has 0 aliphatic carbocycles. The number of para-hydroxylation sites is 1. The summed E-state index contributed by atoms with van der Waals surface area (Å²) < 4.78 is 17.5. The van der Waals surface area contributed by atoms with E-state index in [0.29, 0.717) is 0 Å². The Morgan fingerprint density at radius 3 is 1.67 bits per heavy atom. The summed E-state index contributed by atoms with van der Waals surface area (Å²) in [6.45, 7) is 1.86. The van der Waals surface area contributed by atoms with Crippen molar-refractivity contribution in [2.75, 3.05) is 5.32 Å². The van der Waals surface area contributed by atoms with Gasteiger partial charge in [-0.3, -0.25) is 9.13 Å². The molecule has 0 heterocycles. The second-order valence-electron chi connectivity index (χ2n) is 2.61. The van der Waals surface area contributed by atoms with Crippen LogP contribution in [0.1, 0.15) is 6.92 Å². The fraction of sp³-hybridized carbons (Fsp3) is 0.125. The van der Waals surface area contributed by atoms with Crippen LogP contribution in [0.5, 0.6) is 0 Å². The first-order valence-corrected chi connectivity index (χ1v) is 7.43. The van der Waals surface area contributed by atoms with Crippen LogP contribution in [0, 0.1) is 0 Å². The highest BCUT2D eigenvalue weighted by Crippen LogP contribution is 2.04. The first-order chi connectivity index (χ1) is 8.25. The molecule has 104 valence electrons. The molecule has 0 aromatic heterocycles. The summed E-state index contributed by atoms with van der Waals surface area (Å²) >= 11 is 4.87. The number of anilines is 1. The molecule has 0 aliphatic heterocycles. The molecule has 0 unspecified atom stereocenters. The van der Waals surface area contributed by atoms with Gasteiger partial charge in [0.05, 0.1) is 4.99 Å². The zero-order valence-corrected chi connectivity index (χ0v) is 12.2. The number of hydrogen-bond donors (Lipinski definition) is 5. The van der Waals surface area contributed by atoms with Gasteiger partial charge in [-0.15, -0.1) is 0 Å². The normalized spacial score (nSPS) is 8.83. The van der Waals surface area contributed by atoms with Crippen LogP contribution in [0.25, 0.3) is 0 Å². The largest absolute Gasteiger partial charge is 0.350 e. The maximum atomic E-state index is 8.74. The SMILES string of the molecule is CC(=S)Nc1ccccc1.O=[PH](O)O.O=[PH](O)O. The first-order valence-electron chi connectivity index (χ1n) is 4.42. The molecule has 0 saturated heterocycles. The molecule has 0 amide bonds. The maximum absolute atomic E-state index is 8.74. The zero-order chi connectivity index (χ0) is 14.6. The lowest BCUT2D eigenvalue weighted by Crippen LogP contribution is -2.02. The molecule has 1 aromatic carbocycles. The van der Waals surface area contributed by atoms with Gasteiger partial charge in [0.2, 0.25) is 0 Å². The molecular weight excluding hydrogens is 300 g/mol. The lowest BCUT2D eigenvalue weighted by atomic mass is 10.3. The van der Waals surface area contributed by atoms with E-state index in [2.05, 4.69) is 5.32 Å². The molecule has 5 N–H and O–H groups in total. The third-order valence-corrected chi connectivity index (χ3v) is 1.20. The molecule has 0 bridgehead atoms. The summed E-state index contributed by atoms with van der Waals surface area (Å²) in [5.41, 5.74) is 1.05. The van der Waals surface area contributed by atoms with Crippen molar-refractivity contribution in [1.29, 1.82) is 0 Å². The second-order valence-corrected chi connectivity index (χ2v) is 4.36. The zero-order valence-electron chi connectivity index (χ0n) is 9.40. The molecule has 0 atom stereocenters. The number of nitrogens with one attached hydrogen (secondary N) is 1. The predicted octanol–water partition coefficient (Wildman–Crippen LogP) is 1.17. The molecule has 0 spiro atoms. The van der Waals surface area contributed by atoms with Crippen molar-refractivity contribution >= 4 is 39.4 Å². The van der Waals surface area contributed by atoms with Gasteiger partial charge in [0, 0.05) is 5.69 Å². The molecule has 0 aliphatic rings. The third-order valence-electron chi connectivity index (χ3n) is 1.09. The van der Waals surface area contributed by atoms with Gasteiger partial charge in [0.1, 0.15) is 0 Å². The predicted molar refractivity (Wildman–Crippen MR) is 75.2 cm³/mol. The summed E-state index contributed by atoms with van der Waals surface area (Å²) in [5.74, 6) is 0. The van der Waals surface area contributed by atoms with Gasteiger partial charge in [-0.1, -0.05) is 30.4 Å². The number of hydrogen-bond acceptors (Lipinski definition) is 3. The van der Waals surface area contributed by atoms with Crippen molar-refractivity contribution in [2.45, 2.75) is 6.92 Å². The monoisotopic (exact) mass is 315 g/mol. The van der Waals surface area contributed by atoms with Crippen LogP contribution < -0.4 is 5.32 Å². The van der Waals surface area contributed by atoms with E-state index in [1.807, 2.05) is 37.3 Å². The number of thiocarbonyl (C=S) groups is 1. The number of benzene rings is 1. The van der Waals surface area contributed by atoms with E-state index in [0.717, 1.165) is 10.7 Å². The van der Waals surface area contributed by atoms with Gasteiger partial charge in [-0.2, -0.15) is 0 Å². The van der Waals surface area contributed by atoms with Gasteiger partial charge in [-0.25, -0.2) is 0 Å². The van der Waals surface area contributed by atoms with Gasteiger partial charge in [-0.05, 0) is 19.1 Å². The van der Waals surface area contributed by atoms with Crippen molar-refractivity contribution in [3.8, 4) is 0 Å². The highest BCUT2D eigenvalue weighted by atomic mass is 32.1. The van der Waals surface area contributed by atoms with Crippen LogP contribution in [0.15, 0.2) is 30.3 Å². The van der Waals surface area contributed by atoms with E-state index in [4.69, 9.17) is 40.9 Å². The second kappa shape index (κ2) is 12.9. The molecule has 10 heteroatoms. The quantitative estimate of drug-likeness (QED) is 0.386. The molecule has 1 aromatic rings. The lowest BCUT2D eigenvalue weighted by molar-refractivity contribution is 0.403. The standard InChI is InChI=1S/C8H9NS.2H3O3P/c1-7(10)9-8-5-3-2-4-6-8;2*1-4(2)3/h2-6H,1H3,(H,9,10);2*4H,(H2,1,2,3). The molecule has 18 heavy (non-hydrogen) atoms. The van der Waals surface area contributed by atoms with Crippen LogP contribution in [0.2, 0.25) is 0 Å². The summed E-state index contributed by atoms with van der Waals surface area (Å²) in [6.07, 6.45) is 0. The molecule has 7 nitrogen and oxygen atoms in total. The Balaban J connectivity index is 0. The Morgan fingerprint density at radius 1 is 1.06 bits per heavy atom. The van der Waals surface area contributed by atoms with E-state index in [9.17, 15) is 0 Å². The van der Waals surface area contributed by atoms with Crippen molar-refractivity contribution in [1.82, 2.24) is 0 Å².